The van der Waals surface area contributed by atoms with E-state index in [1.807, 2.05) is 13.8 Å². The van der Waals surface area contributed by atoms with E-state index in [9.17, 15) is 0 Å². The highest BCUT2D eigenvalue weighted by Crippen LogP contribution is 2.33. The summed E-state index contributed by atoms with van der Waals surface area (Å²) in [7, 11) is 0. The second-order valence-electron chi connectivity index (χ2n) is 3.85. The Morgan fingerprint density at radius 2 is 2.35 bits per heavy atom. The van der Waals surface area contributed by atoms with Crippen LogP contribution in [0.5, 0.6) is 0 Å². The van der Waals surface area contributed by atoms with Crippen molar-refractivity contribution in [2.24, 2.45) is 5.92 Å². The number of dihydropyridines is 1. The van der Waals surface area contributed by atoms with Crippen LogP contribution in [0.3, 0.4) is 0 Å². The summed E-state index contributed by atoms with van der Waals surface area (Å²) in [6.45, 7) is 10.9. The predicted octanol–water partition coefficient (Wildman–Crippen LogP) is 2.90. The number of nitrogens with zero attached hydrogens (tertiary/aromatic N) is 2. The summed E-state index contributed by atoms with van der Waals surface area (Å²) >= 11 is 0. The second-order valence-corrected chi connectivity index (χ2v) is 3.85. The molecule has 4 nitrogen and oxygen atoms in total. The van der Waals surface area contributed by atoms with Crippen LogP contribution < -0.4 is 5.32 Å². The highest BCUT2D eigenvalue weighted by Gasteiger charge is 2.27. The average Bonchev–Trinajstić information content (AvgIpc) is 2.82. The van der Waals surface area contributed by atoms with Gasteiger partial charge in [0, 0.05) is 17.2 Å². The fourth-order valence-corrected chi connectivity index (χ4v) is 1.94. The van der Waals surface area contributed by atoms with Gasteiger partial charge in [-0.2, -0.15) is 5.26 Å². The third-order valence-corrected chi connectivity index (χ3v) is 2.82. The van der Waals surface area contributed by atoms with Crippen molar-refractivity contribution in [3.8, 4) is 6.07 Å². The Hall–Kier alpha value is -2.46. The molecule has 1 aliphatic heterocycles. The van der Waals surface area contributed by atoms with Gasteiger partial charge in [0.2, 0.25) is 0 Å². The summed E-state index contributed by atoms with van der Waals surface area (Å²) in [6, 6.07) is 5.71. The van der Waals surface area contributed by atoms with Crippen LogP contribution in [0.2, 0.25) is 0 Å². The van der Waals surface area contributed by atoms with Gasteiger partial charge < -0.3 is 9.73 Å². The first-order valence-corrected chi connectivity index (χ1v) is 5.22. The van der Waals surface area contributed by atoms with Gasteiger partial charge in [0.25, 0.3) is 0 Å². The molecule has 0 fully saturated rings. The molecule has 0 amide bonds. The van der Waals surface area contributed by atoms with Gasteiger partial charge in [0.05, 0.1) is 24.6 Å². The molecule has 17 heavy (non-hydrogen) atoms. The summed E-state index contributed by atoms with van der Waals surface area (Å²) in [5, 5.41) is 12.1. The molecule has 0 radical (unpaired) electrons. The van der Waals surface area contributed by atoms with E-state index in [1.165, 1.54) is 0 Å². The topological polar surface area (TPSA) is 53.3 Å². The summed E-state index contributed by atoms with van der Waals surface area (Å²) in [6.07, 6.45) is 1.56. The lowest BCUT2D eigenvalue weighted by Crippen LogP contribution is -2.22. The fourth-order valence-electron chi connectivity index (χ4n) is 1.94. The predicted molar refractivity (Wildman–Crippen MR) is 62.8 cm³/mol. The van der Waals surface area contributed by atoms with Crippen LogP contribution in [-0.2, 0) is 0 Å². The van der Waals surface area contributed by atoms with Crippen molar-refractivity contribution in [3.63, 3.8) is 0 Å². The maximum absolute atomic E-state index is 9.07. The lowest BCUT2D eigenvalue weighted by Gasteiger charge is -2.23. The van der Waals surface area contributed by atoms with Crippen molar-refractivity contribution < 1.29 is 4.42 Å². The fraction of sp³-hybridized carbons (Fsp3) is 0.231. The summed E-state index contributed by atoms with van der Waals surface area (Å²) in [5.41, 5.74) is 2.56. The van der Waals surface area contributed by atoms with Gasteiger partial charge in [-0.25, -0.2) is 4.85 Å². The van der Waals surface area contributed by atoms with E-state index < -0.39 is 0 Å². The SMILES string of the molecule is [C-]#[N+]C1=C(c2ccco2)NC(C)=C(C#N)[C@H]1C. The molecule has 0 bridgehead atoms. The highest BCUT2D eigenvalue weighted by atomic mass is 16.3. The minimum atomic E-state index is -0.196. The largest absolute Gasteiger partial charge is 0.464 e. The Bertz CT molecular complexity index is 579. The standard InChI is InChI=1S/C13H11N3O/c1-8-10(7-14)9(2)16-13(12(8)15-3)11-5-4-6-17-11/h4-6,8,16H,1-2H3/t8-/m1/s1. The lowest BCUT2D eigenvalue weighted by atomic mass is 9.92. The van der Waals surface area contributed by atoms with E-state index in [4.69, 9.17) is 16.3 Å². The molecule has 4 heteroatoms. The molecule has 0 saturated carbocycles. The third kappa shape index (κ3) is 1.70. The van der Waals surface area contributed by atoms with Crippen molar-refractivity contribution >= 4 is 5.70 Å². The van der Waals surface area contributed by atoms with Crippen LogP contribution in [0.4, 0.5) is 0 Å². The maximum Gasteiger partial charge on any atom is 0.199 e. The number of nitrogens with one attached hydrogen (secondary N) is 1. The lowest BCUT2D eigenvalue weighted by molar-refractivity contribution is 0.546. The minimum absolute atomic E-state index is 0.196. The van der Waals surface area contributed by atoms with Crippen LogP contribution in [0.1, 0.15) is 19.6 Å². The molecule has 0 saturated heterocycles. The molecule has 84 valence electrons. The number of furan rings is 1. The van der Waals surface area contributed by atoms with Crippen molar-refractivity contribution in [1.82, 2.24) is 5.32 Å². The molecule has 0 unspecified atom stereocenters. The van der Waals surface area contributed by atoms with Gasteiger partial charge >= 0.3 is 0 Å². The Labute approximate surface area is 99.7 Å². The molecule has 1 aromatic heterocycles. The van der Waals surface area contributed by atoms with Crippen LogP contribution in [0.25, 0.3) is 10.5 Å². The first kappa shape index (κ1) is 11.0. The molecule has 1 N–H and O–H groups in total. The first-order valence-electron chi connectivity index (χ1n) is 5.22. The summed E-state index contributed by atoms with van der Waals surface area (Å²) in [4.78, 5) is 3.52. The number of hydrogen-bond donors (Lipinski definition) is 1. The van der Waals surface area contributed by atoms with Crippen LogP contribution in [-0.4, -0.2) is 0 Å². The first-order chi connectivity index (χ1) is 8.19. The Morgan fingerprint density at radius 1 is 1.59 bits per heavy atom. The number of rotatable bonds is 1. The molecule has 0 aliphatic carbocycles. The molecular weight excluding hydrogens is 214 g/mol. The quantitative estimate of drug-likeness (QED) is 0.747. The van der Waals surface area contributed by atoms with Crippen molar-refractivity contribution in [1.29, 1.82) is 5.26 Å². The van der Waals surface area contributed by atoms with Gasteiger partial charge in [-0.15, -0.1) is 0 Å². The van der Waals surface area contributed by atoms with Crippen LogP contribution in [0.15, 0.2) is 39.8 Å². The van der Waals surface area contributed by atoms with Gasteiger partial charge in [0.1, 0.15) is 5.76 Å². The van der Waals surface area contributed by atoms with Crippen LogP contribution >= 0.6 is 0 Å². The number of hydrogen-bond acceptors (Lipinski definition) is 3. The molecule has 1 aliphatic rings. The van der Waals surface area contributed by atoms with Crippen molar-refractivity contribution in [3.05, 3.63) is 52.5 Å². The van der Waals surface area contributed by atoms with Gasteiger partial charge in [-0.3, -0.25) is 0 Å². The van der Waals surface area contributed by atoms with E-state index in [0.29, 0.717) is 22.7 Å². The average molecular weight is 225 g/mol. The van der Waals surface area contributed by atoms with Gasteiger partial charge in [0.15, 0.2) is 5.70 Å². The zero-order chi connectivity index (χ0) is 12.4. The third-order valence-electron chi connectivity index (χ3n) is 2.82. The number of allylic oxidation sites excluding steroid dienone is 2. The monoisotopic (exact) mass is 225 g/mol. The Kier molecular flexibility index (Phi) is 2.72. The van der Waals surface area contributed by atoms with E-state index in [0.717, 1.165) is 5.70 Å². The second kappa shape index (κ2) is 4.19. The Balaban J connectivity index is 2.54. The van der Waals surface area contributed by atoms with Crippen molar-refractivity contribution in [2.75, 3.05) is 0 Å². The van der Waals surface area contributed by atoms with Gasteiger partial charge in [-0.05, 0) is 19.1 Å². The smallest absolute Gasteiger partial charge is 0.199 e. The molecule has 2 rings (SSSR count). The van der Waals surface area contributed by atoms with E-state index in [2.05, 4.69) is 16.2 Å². The molecule has 0 aromatic carbocycles. The van der Waals surface area contributed by atoms with Crippen LogP contribution in [0, 0.1) is 23.8 Å². The van der Waals surface area contributed by atoms with Crippen molar-refractivity contribution in [2.45, 2.75) is 13.8 Å². The molecule has 2 heterocycles. The molecule has 1 atom stereocenters. The molecule has 0 spiro atoms. The summed E-state index contributed by atoms with van der Waals surface area (Å²) < 4.78 is 5.30. The highest BCUT2D eigenvalue weighted by molar-refractivity contribution is 5.70. The normalized spacial score (nSPS) is 19.6. The van der Waals surface area contributed by atoms with E-state index >= 15 is 0 Å². The Morgan fingerprint density at radius 3 is 2.88 bits per heavy atom. The van der Waals surface area contributed by atoms with Gasteiger partial charge in [-0.1, -0.05) is 6.92 Å². The van der Waals surface area contributed by atoms with E-state index in [1.54, 1.807) is 18.4 Å². The summed E-state index contributed by atoms with van der Waals surface area (Å²) in [5.74, 6) is 0.429. The molecular formula is C13H11N3O. The minimum Gasteiger partial charge on any atom is -0.464 e. The number of nitriles is 1. The zero-order valence-corrected chi connectivity index (χ0v) is 9.61. The van der Waals surface area contributed by atoms with E-state index in [-0.39, 0.29) is 5.92 Å². The maximum atomic E-state index is 9.07. The molecule has 1 aromatic rings. The zero-order valence-electron chi connectivity index (χ0n) is 9.61.